The predicted octanol–water partition coefficient (Wildman–Crippen LogP) is -0.267. The second-order valence-corrected chi connectivity index (χ2v) is 6.53. The Morgan fingerprint density at radius 3 is 2.78 bits per heavy atom. The van der Waals surface area contributed by atoms with Crippen molar-refractivity contribution in [3.63, 3.8) is 0 Å². The van der Waals surface area contributed by atoms with Gasteiger partial charge in [0.05, 0.1) is 24.5 Å². The molecule has 0 aliphatic carbocycles. The maximum Gasteiger partial charge on any atom is 0.307 e. The maximum atomic E-state index is 11.4. The highest BCUT2D eigenvalue weighted by Gasteiger charge is 2.26. The molecule has 0 bridgehead atoms. The minimum absolute atomic E-state index is 0.00837. The third kappa shape index (κ3) is 6.32. The van der Waals surface area contributed by atoms with Gasteiger partial charge in [-0.2, -0.15) is 0 Å². The monoisotopic (exact) mass is 279 g/mol. The summed E-state index contributed by atoms with van der Waals surface area (Å²) in [4.78, 5) is 11.4. The van der Waals surface area contributed by atoms with Gasteiger partial charge in [0.15, 0.2) is 9.84 Å². The van der Waals surface area contributed by atoms with Crippen LogP contribution >= 0.6 is 0 Å². The van der Waals surface area contributed by atoms with Crippen LogP contribution in [0.15, 0.2) is 0 Å². The van der Waals surface area contributed by atoms with Crippen molar-refractivity contribution in [3.8, 4) is 0 Å². The van der Waals surface area contributed by atoms with Gasteiger partial charge < -0.3 is 14.8 Å². The minimum atomic E-state index is -3.01. The van der Waals surface area contributed by atoms with E-state index in [-0.39, 0.29) is 36.5 Å². The molecule has 1 heterocycles. The van der Waals surface area contributed by atoms with Crippen molar-refractivity contribution in [2.75, 3.05) is 37.9 Å². The second kappa shape index (κ2) is 7.70. The van der Waals surface area contributed by atoms with Gasteiger partial charge in [0, 0.05) is 19.2 Å². The van der Waals surface area contributed by atoms with Gasteiger partial charge in [-0.15, -0.1) is 0 Å². The molecule has 1 saturated heterocycles. The molecule has 0 spiro atoms. The lowest BCUT2D eigenvalue weighted by molar-refractivity contribution is -0.145. The molecule has 0 aromatic carbocycles. The van der Waals surface area contributed by atoms with Gasteiger partial charge in [-0.1, -0.05) is 6.92 Å². The molecule has 1 aliphatic heterocycles. The molecule has 106 valence electrons. The number of sulfone groups is 1. The first-order chi connectivity index (χ1) is 8.53. The molecule has 18 heavy (non-hydrogen) atoms. The third-order valence-electron chi connectivity index (χ3n) is 2.55. The number of carbonyl (C=O) groups is 1. The Morgan fingerprint density at radius 2 is 2.11 bits per heavy atom. The molecule has 1 fully saturated rings. The number of hydrogen-bond donors (Lipinski definition) is 1. The van der Waals surface area contributed by atoms with Gasteiger partial charge in [0.25, 0.3) is 0 Å². The standard InChI is InChI=1S/C11H21NO5S/c1-2-4-16-5-6-17-11(13)8-10-9-18(14,15)7-3-12-10/h10,12H,2-9H2,1H3. The quantitative estimate of drug-likeness (QED) is 0.510. The number of nitrogens with one attached hydrogen (secondary N) is 1. The molecule has 7 heteroatoms. The van der Waals surface area contributed by atoms with Crippen LogP contribution in [0.2, 0.25) is 0 Å². The van der Waals surface area contributed by atoms with E-state index in [4.69, 9.17) is 9.47 Å². The minimum Gasteiger partial charge on any atom is -0.463 e. The molecule has 0 radical (unpaired) electrons. The van der Waals surface area contributed by atoms with Crippen LogP contribution in [0.25, 0.3) is 0 Å². The zero-order valence-corrected chi connectivity index (χ0v) is 11.5. The first-order valence-electron chi connectivity index (χ1n) is 6.20. The van der Waals surface area contributed by atoms with E-state index in [1.54, 1.807) is 0 Å². The zero-order valence-electron chi connectivity index (χ0n) is 10.7. The Labute approximate surface area is 108 Å². The van der Waals surface area contributed by atoms with Gasteiger partial charge in [-0.05, 0) is 6.42 Å². The fourth-order valence-electron chi connectivity index (χ4n) is 1.72. The van der Waals surface area contributed by atoms with Crippen LogP contribution in [0.5, 0.6) is 0 Å². The van der Waals surface area contributed by atoms with E-state index in [2.05, 4.69) is 5.32 Å². The molecule has 1 atom stereocenters. The summed E-state index contributed by atoms with van der Waals surface area (Å²) in [5.41, 5.74) is 0. The summed E-state index contributed by atoms with van der Waals surface area (Å²) in [5.74, 6) is -0.234. The lowest BCUT2D eigenvalue weighted by Crippen LogP contribution is -2.46. The highest BCUT2D eigenvalue weighted by molar-refractivity contribution is 7.91. The zero-order chi connectivity index (χ0) is 13.4. The Bertz CT molecular complexity index is 354. The Morgan fingerprint density at radius 1 is 1.33 bits per heavy atom. The molecule has 1 N–H and O–H groups in total. The van der Waals surface area contributed by atoms with Gasteiger partial charge in [-0.25, -0.2) is 8.42 Å². The molecule has 0 aromatic heterocycles. The number of hydrogen-bond acceptors (Lipinski definition) is 6. The topological polar surface area (TPSA) is 81.7 Å². The Hall–Kier alpha value is -0.660. The molecule has 1 aliphatic rings. The predicted molar refractivity (Wildman–Crippen MR) is 67.1 cm³/mol. The summed E-state index contributed by atoms with van der Waals surface area (Å²) in [6.07, 6.45) is 1.02. The highest BCUT2D eigenvalue weighted by atomic mass is 32.2. The Balaban J connectivity index is 2.16. The fraction of sp³-hybridized carbons (Fsp3) is 0.909. The number of esters is 1. The lowest BCUT2D eigenvalue weighted by atomic mass is 10.2. The molecule has 6 nitrogen and oxygen atoms in total. The fourth-order valence-corrected chi connectivity index (χ4v) is 3.16. The van der Waals surface area contributed by atoms with Crippen LogP contribution in [0, 0.1) is 0 Å². The largest absolute Gasteiger partial charge is 0.463 e. The van der Waals surface area contributed by atoms with Crippen LogP contribution in [0.1, 0.15) is 19.8 Å². The number of carbonyl (C=O) groups excluding carboxylic acids is 1. The average Bonchev–Trinajstić information content (AvgIpc) is 2.27. The van der Waals surface area contributed by atoms with Crippen molar-refractivity contribution < 1.29 is 22.7 Å². The van der Waals surface area contributed by atoms with E-state index in [0.29, 0.717) is 19.8 Å². The van der Waals surface area contributed by atoms with Crippen molar-refractivity contribution >= 4 is 15.8 Å². The summed E-state index contributed by atoms with van der Waals surface area (Å²) in [5, 5.41) is 3.01. The third-order valence-corrected chi connectivity index (χ3v) is 4.29. The number of ether oxygens (including phenoxy) is 2. The van der Waals surface area contributed by atoms with Crippen LogP contribution in [-0.2, 0) is 24.1 Å². The summed E-state index contributed by atoms with van der Waals surface area (Å²) in [6.45, 7) is 3.66. The van der Waals surface area contributed by atoms with Crippen LogP contribution < -0.4 is 5.32 Å². The maximum absolute atomic E-state index is 11.4. The van der Waals surface area contributed by atoms with Gasteiger partial charge in [0.2, 0.25) is 0 Å². The summed E-state index contributed by atoms with van der Waals surface area (Å²) in [7, 11) is -3.01. The second-order valence-electron chi connectivity index (χ2n) is 4.30. The SMILES string of the molecule is CCCOCCOC(=O)CC1CS(=O)(=O)CCN1. The van der Waals surface area contributed by atoms with Crippen LogP contribution in [-0.4, -0.2) is 58.3 Å². The summed E-state index contributed by atoms with van der Waals surface area (Å²) in [6, 6.07) is -0.326. The average molecular weight is 279 g/mol. The molecular formula is C11H21NO5S. The molecular weight excluding hydrogens is 258 g/mol. The van der Waals surface area contributed by atoms with Crippen molar-refractivity contribution in [2.24, 2.45) is 0 Å². The summed E-state index contributed by atoms with van der Waals surface area (Å²) < 4.78 is 32.9. The molecule has 0 aromatic rings. The van der Waals surface area contributed by atoms with E-state index < -0.39 is 9.84 Å². The van der Waals surface area contributed by atoms with E-state index in [0.717, 1.165) is 6.42 Å². The molecule has 1 unspecified atom stereocenters. The molecule has 0 amide bonds. The van der Waals surface area contributed by atoms with Crippen molar-refractivity contribution in [1.82, 2.24) is 5.32 Å². The van der Waals surface area contributed by atoms with Crippen LogP contribution in [0.3, 0.4) is 0 Å². The van der Waals surface area contributed by atoms with Crippen LogP contribution in [0.4, 0.5) is 0 Å². The first-order valence-corrected chi connectivity index (χ1v) is 8.03. The normalized spacial score (nSPS) is 22.6. The van der Waals surface area contributed by atoms with E-state index >= 15 is 0 Å². The Kier molecular flexibility index (Phi) is 6.59. The van der Waals surface area contributed by atoms with Crippen molar-refractivity contribution in [3.05, 3.63) is 0 Å². The first kappa shape index (κ1) is 15.4. The van der Waals surface area contributed by atoms with Gasteiger partial charge in [0.1, 0.15) is 6.61 Å². The van der Waals surface area contributed by atoms with E-state index in [9.17, 15) is 13.2 Å². The van der Waals surface area contributed by atoms with Crippen molar-refractivity contribution in [1.29, 1.82) is 0 Å². The lowest BCUT2D eigenvalue weighted by Gasteiger charge is -2.22. The van der Waals surface area contributed by atoms with E-state index in [1.165, 1.54) is 0 Å². The molecule has 1 rings (SSSR count). The highest BCUT2D eigenvalue weighted by Crippen LogP contribution is 2.05. The van der Waals surface area contributed by atoms with E-state index in [1.807, 2.05) is 6.92 Å². The van der Waals surface area contributed by atoms with Gasteiger partial charge >= 0.3 is 5.97 Å². The number of rotatable bonds is 7. The molecule has 0 saturated carbocycles. The smallest absolute Gasteiger partial charge is 0.307 e. The van der Waals surface area contributed by atoms with Gasteiger partial charge in [-0.3, -0.25) is 4.79 Å². The van der Waals surface area contributed by atoms with Crippen molar-refractivity contribution in [2.45, 2.75) is 25.8 Å². The summed E-state index contributed by atoms with van der Waals surface area (Å²) >= 11 is 0.